The van der Waals surface area contributed by atoms with Crippen molar-refractivity contribution in [2.45, 2.75) is 0 Å². The second-order valence-corrected chi connectivity index (χ2v) is 5.02. The molecule has 0 atom stereocenters. The average molecular weight is 299 g/mol. The van der Waals surface area contributed by atoms with Crippen molar-refractivity contribution in [2.24, 2.45) is 0 Å². The predicted molar refractivity (Wildman–Crippen MR) is 82.7 cm³/mol. The lowest BCUT2D eigenvalue weighted by Crippen LogP contribution is -1.92. The zero-order valence-electron chi connectivity index (χ0n) is 11.3. The van der Waals surface area contributed by atoms with Crippen LogP contribution in [0, 0.1) is 0 Å². The maximum absolute atomic E-state index is 5.68. The second-order valence-electron chi connectivity index (χ2n) is 4.13. The molecular weight excluding hydrogens is 286 g/mol. The lowest BCUT2D eigenvalue weighted by molar-refractivity contribution is 0.407. The molecule has 106 valence electrons. The van der Waals surface area contributed by atoms with Crippen molar-refractivity contribution < 1.29 is 9.47 Å². The van der Waals surface area contributed by atoms with Crippen LogP contribution in [0.5, 0.6) is 17.4 Å². The highest BCUT2D eigenvalue weighted by Crippen LogP contribution is 2.25. The smallest absolute Gasteiger partial charge is 0.219 e. The van der Waals surface area contributed by atoms with Gasteiger partial charge in [-0.25, -0.2) is 9.97 Å². The molecule has 2 heterocycles. The van der Waals surface area contributed by atoms with E-state index in [0.717, 1.165) is 16.6 Å². The third-order valence-corrected chi connectivity index (χ3v) is 3.37. The molecule has 1 N–H and O–H groups in total. The third-order valence-electron chi connectivity index (χ3n) is 2.68. The molecule has 0 bridgehead atoms. The minimum Gasteiger partial charge on any atom is -0.497 e. The number of benzene rings is 1. The second kappa shape index (κ2) is 6.23. The first-order chi connectivity index (χ1) is 10.3. The maximum atomic E-state index is 5.68. The number of ether oxygens (including phenoxy) is 2. The van der Waals surface area contributed by atoms with Crippen LogP contribution < -0.4 is 14.8 Å². The van der Waals surface area contributed by atoms with Crippen molar-refractivity contribution >= 4 is 22.2 Å². The Labute approximate surface area is 126 Å². The van der Waals surface area contributed by atoms with Gasteiger partial charge in [-0.3, -0.25) is 0 Å². The summed E-state index contributed by atoms with van der Waals surface area (Å²) in [7, 11) is 1.62. The first-order valence-electron chi connectivity index (χ1n) is 6.28. The predicted octanol–water partition coefficient (Wildman–Crippen LogP) is 4.08. The maximum Gasteiger partial charge on any atom is 0.219 e. The van der Waals surface area contributed by atoms with Gasteiger partial charge in [0.2, 0.25) is 5.88 Å². The van der Waals surface area contributed by atoms with Crippen LogP contribution in [0.4, 0.5) is 10.8 Å². The molecule has 0 aliphatic heterocycles. The lowest BCUT2D eigenvalue weighted by atomic mass is 10.3. The van der Waals surface area contributed by atoms with E-state index in [1.54, 1.807) is 25.6 Å². The highest BCUT2D eigenvalue weighted by atomic mass is 32.1. The molecule has 0 saturated heterocycles. The number of pyridine rings is 1. The van der Waals surface area contributed by atoms with E-state index in [1.807, 2.05) is 35.7 Å². The summed E-state index contributed by atoms with van der Waals surface area (Å²) in [6.45, 7) is 0. The summed E-state index contributed by atoms with van der Waals surface area (Å²) in [6, 6.07) is 11.1. The van der Waals surface area contributed by atoms with Crippen molar-refractivity contribution in [2.75, 3.05) is 12.4 Å². The van der Waals surface area contributed by atoms with Gasteiger partial charge in [0.1, 0.15) is 11.5 Å². The van der Waals surface area contributed by atoms with Crippen LogP contribution in [-0.4, -0.2) is 17.1 Å². The average Bonchev–Trinajstić information content (AvgIpc) is 3.02. The largest absolute Gasteiger partial charge is 0.497 e. The molecule has 0 saturated carbocycles. The molecule has 3 rings (SSSR count). The Morgan fingerprint density at radius 1 is 1.10 bits per heavy atom. The van der Waals surface area contributed by atoms with Gasteiger partial charge in [-0.15, -0.1) is 11.3 Å². The van der Waals surface area contributed by atoms with Gasteiger partial charge in [0.05, 0.1) is 19.0 Å². The molecule has 0 aliphatic rings. The molecule has 0 spiro atoms. The first kappa shape index (κ1) is 13.4. The van der Waals surface area contributed by atoms with Crippen molar-refractivity contribution in [3.63, 3.8) is 0 Å². The molecule has 0 radical (unpaired) electrons. The van der Waals surface area contributed by atoms with E-state index in [0.29, 0.717) is 11.6 Å². The van der Waals surface area contributed by atoms with Crippen molar-refractivity contribution in [1.29, 1.82) is 0 Å². The molecule has 21 heavy (non-hydrogen) atoms. The standard InChI is InChI=1S/C15H13N3O2S/c1-19-12-3-2-4-13(9-12)20-14-6-5-11(10-17-14)18-15-16-7-8-21-15/h2-10H,1H3,(H,16,18). The van der Waals surface area contributed by atoms with E-state index in [9.17, 15) is 0 Å². The van der Waals surface area contributed by atoms with E-state index in [4.69, 9.17) is 9.47 Å². The number of nitrogens with one attached hydrogen (secondary N) is 1. The number of hydrogen-bond acceptors (Lipinski definition) is 6. The minimum atomic E-state index is 0.521. The van der Waals surface area contributed by atoms with Crippen molar-refractivity contribution in [3.05, 3.63) is 54.2 Å². The molecule has 0 fully saturated rings. The van der Waals surface area contributed by atoms with E-state index in [1.165, 1.54) is 11.3 Å². The molecular formula is C15H13N3O2S. The third kappa shape index (κ3) is 3.49. The number of aromatic nitrogens is 2. The molecule has 0 unspecified atom stereocenters. The zero-order valence-corrected chi connectivity index (χ0v) is 12.1. The van der Waals surface area contributed by atoms with E-state index < -0.39 is 0 Å². The van der Waals surface area contributed by atoms with Gasteiger partial charge in [-0.1, -0.05) is 6.07 Å². The number of rotatable bonds is 5. The summed E-state index contributed by atoms with van der Waals surface area (Å²) < 4.78 is 10.8. The fourth-order valence-corrected chi connectivity index (χ4v) is 2.26. The number of anilines is 2. The van der Waals surface area contributed by atoms with Gasteiger partial charge >= 0.3 is 0 Å². The Bertz CT molecular complexity index is 699. The number of thiazole rings is 1. The summed E-state index contributed by atoms with van der Waals surface area (Å²) in [5.74, 6) is 1.95. The fourth-order valence-electron chi connectivity index (χ4n) is 1.71. The Morgan fingerprint density at radius 2 is 2.00 bits per heavy atom. The Kier molecular flexibility index (Phi) is 3.97. The van der Waals surface area contributed by atoms with Crippen molar-refractivity contribution in [1.82, 2.24) is 9.97 Å². The summed E-state index contributed by atoms with van der Waals surface area (Å²) >= 11 is 1.53. The molecule has 2 aromatic heterocycles. The van der Waals surface area contributed by atoms with Gasteiger partial charge in [0.15, 0.2) is 5.13 Å². The van der Waals surface area contributed by atoms with E-state index in [2.05, 4.69) is 15.3 Å². The summed E-state index contributed by atoms with van der Waals surface area (Å²) in [4.78, 5) is 8.42. The fraction of sp³-hybridized carbons (Fsp3) is 0.0667. The van der Waals surface area contributed by atoms with Crippen LogP contribution in [-0.2, 0) is 0 Å². The summed E-state index contributed by atoms with van der Waals surface area (Å²) in [6.07, 6.45) is 3.46. The minimum absolute atomic E-state index is 0.521. The summed E-state index contributed by atoms with van der Waals surface area (Å²) in [5, 5.41) is 5.91. The van der Waals surface area contributed by atoms with Crippen LogP contribution >= 0.6 is 11.3 Å². The van der Waals surface area contributed by atoms with Crippen LogP contribution in [0.15, 0.2) is 54.2 Å². The molecule has 0 aliphatic carbocycles. The van der Waals surface area contributed by atoms with Gasteiger partial charge < -0.3 is 14.8 Å². The van der Waals surface area contributed by atoms with Gasteiger partial charge in [-0.2, -0.15) is 0 Å². The quantitative estimate of drug-likeness (QED) is 0.769. The number of hydrogen-bond donors (Lipinski definition) is 1. The monoisotopic (exact) mass is 299 g/mol. The first-order valence-corrected chi connectivity index (χ1v) is 7.16. The lowest BCUT2D eigenvalue weighted by Gasteiger charge is -2.07. The van der Waals surface area contributed by atoms with Crippen molar-refractivity contribution in [3.8, 4) is 17.4 Å². The summed E-state index contributed by atoms with van der Waals surface area (Å²) in [5.41, 5.74) is 0.864. The van der Waals surface area contributed by atoms with Crippen LogP contribution in [0.25, 0.3) is 0 Å². The van der Waals surface area contributed by atoms with Gasteiger partial charge in [0.25, 0.3) is 0 Å². The SMILES string of the molecule is COc1cccc(Oc2ccc(Nc3nccs3)cn2)c1. The van der Waals surface area contributed by atoms with Crippen LogP contribution in [0.1, 0.15) is 0 Å². The molecule has 6 heteroatoms. The number of methoxy groups -OCH3 is 1. The molecule has 5 nitrogen and oxygen atoms in total. The Balaban J connectivity index is 1.69. The number of nitrogens with zero attached hydrogens (tertiary/aromatic N) is 2. The Morgan fingerprint density at radius 3 is 2.71 bits per heavy atom. The van der Waals surface area contributed by atoms with E-state index in [-0.39, 0.29) is 0 Å². The van der Waals surface area contributed by atoms with Crippen LogP contribution in [0.3, 0.4) is 0 Å². The molecule has 1 aromatic carbocycles. The molecule has 0 amide bonds. The van der Waals surface area contributed by atoms with Crippen LogP contribution in [0.2, 0.25) is 0 Å². The zero-order chi connectivity index (χ0) is 14.5. The normalized spacial score (nSPS) is 10.1. The highest BCUT2D eigenvalue weighted by molar-refractivity contribution is 7.13. The topological polar surface area (TPSA) is 56.3 Å². The molecule has 3 aromatic rings. The van der Waals surface area contributed by atoms with Gasteiger partial charge in [-0.05, 0) is 18.2 Å². The highest BCUT2D eigenvalue weighted by Gasteiger charge is 2.02. The van der Waals surface area contributed by atoms with E-state index >= 15 is 0 Å². The Hall–Kier alpha value is -2.60. The van der Waals surface area contributed by atoms with Gasteiger partial charge in [0, 0.05) is 23.7 Å².